The second-order valence-corrected chi connectivity index (χ2v) is 15.8. The minimum Gasteiger partial charge on any atom is -0.490 e. The number of anilines is 1. The van der Waals surface area contributed by atoms with Gasteiger partial charge in [-0.25, -0.2) is 13.1 Å². The van der Waals surface area contributed by atoms with E-state index in [1.54, 1.807) is 44.2 Å². The van der Waals surface area contributed by atoms with Crippen molar-refractivity contribution >= 4 is 33.2 Å². The largest absolute Gasteiger partial charge is 0.490 e. The summed E-state index contributed by atoms with van der Waals surface area (Å²) in [6, 6.07) is 11.2. The first-order valence-corrected chi connectivity index (χ1v) is 17.7. The van der Waals surface area contributed by atoms with Crippen molar-refractivity contribution in [2.24, 2.45) is 17.8 Å². The summed E-state index contributed by atoms with van der Waals surface area (Å²) in [7, 11) is -4.00. The van der Waals surface area contributed by atoms with Gasteiger partial charge in [0.1, 0.15) is 18.0 Å². The van der Waals surface area contributed by atoms with Gasteiger partial charge in [-0.2, -0.15) is 0 Å². The number of nitrogens with zero attached hydrogens (tertiary/aromatic N) is 1. The number of halogens is 1. The summed E-state index contributed by atoms with van der Waals surface area (Å²) in [5, 5.41) is 21.2. The van der Waals surface area contributed by atoms with E-state index in [1.807, 2.05) is 12.1 Å². The van der Waals surface area contributed by atoms with E-state index in [4.69, 9.17) is 16.3 Å². The quantitative estimate of drug-likeness (QED) is 0.281. The Balaban J connectivity index is 1.46. The predicted octanol–water partition coefficient (Wildman–Crippen LogP) is 4.61. The molecule has 1 amide bonds. The molecule has 0 unspecified atom stereocenters. The number of hydrogen-bond donors (Lipinski definition) is 3. The Kier molecular flexibility index (Phi) is 8.72. The average Bonchev–Trinajstić information content (AvgIpc) is 3.14. The lowest BCUT2D eigenvalue weighted by atomic mass is 9.64. The fourth-order valence-electron chi connectivity index (χ4n) is 7.59. The van der Waals surface area contributed by atoms with E-state index in [9.17, 15) is 23.4 Å². The monoisotopic (exact) mass is 652 g/mol. The number of allylic oxidation sites excluding steroid dienone is 1. The highest BCUT2D eigenvalue weighted by molar-refractivity contribution is 7.90. The zero-order chi connectivity index (χ0) is 32.0. The van der Waals surface area contributed by atoms with Gasteiger partial charge in [-0.15, -0.1) is 0 Å². The zero-order valence-corrected chi connectivity index (χ0v) is 27.3. The molecule has 1 spiro atoms. The Labute approximate surface area is 270 Å². The van der Waals surface area contributed by atoms with Crippen molar-refractivity contribution in [2.45, 2.75) is 68.6 Å². The van der Waals surface area contributed by atoms with Gasteiger partial charge in [-0.1, -0.05) is 42.5 Å². The van der Waals surface area contributed by atoms with Crippen LogP contribution in [-0.2, 0) is 21.9 Å². The molecule has 0 radical (unpaired) electrons. The number of carbonyl (C=O) groups is 1. The lowest BCUT2D eigenvalue weighted by Crippen LogP contribution is -2.52. The fraction of sp³-hybridized carbons (Fsp3) is 0.514. The van der Waals surface area contributed by atoms with Gasteiger partial charge >= 0.3 is 0 Å². The molecule has 2 aliphatic carbocycles. The maximum absolute atomic E-state index is 13.4. The topological polar surface area (TPSA) is 116 Å². The number of benzene rings is 2. The van der Waals surface area contributed by atoms with Crippen LogP contribution in [0.1, 0.15) is 67.4 Å². The Morgan fingerprint density at radius 1 is 1.18 bits per heavy atom. The summed E-state index contributed by atoms with van der Waals surface area (Å²) >= 11 is 6.40. The van der Waals surface area contributed by atoms with E-state index in [0.29, 0.717) is 36.9 Å². The van der Waals surface area contributed by atoms with Gasteiger partial charge in [0.05, 0.1) is 17.5 Å². The summed E-state index contributed by atoms with van der Waals surface area (Å²) in [4.78, 5) is 15.7. The fourth-order valence-corrected chi connectivity index (χ4v) is 9.06. The van der Waals surface area contributed by atoms with Crippen LogP contribution in [0.25, 0.3) is 0 Å². The number of aryl methyl sites for hydroxylation is 1. The molecule has 2 aromatic rings. The predicted molar refractivity (Wildman–Crippen MR) is 175 cm³/mol. The van der Waals surface area contributed by atoms with Crippen LogP contribution in [-0.4, -0.2) is 61.7 Å². The number of fused-ring (bicyclic) bond motifs is 4. The summed E-state index contributed by atoms with van der Waals surface area (Å²) in [6.07, 6.45) is 8.31. The van der Waals surface area contributed by atoms with Crippen molar-refractivity contribution < 1.29 is 28.2 Å². The minimum atomic E-state index is -4.00. The Hall–Kier alpha value is -3.03. The molecule has 6 rings (SSSR count). The Bertz CT molecular complexity index is 1680. The second-order valence-electron chi connectivity index (χ2n) is 13.3. The maximum atomic E-state index is 13.4. The lowest BCUT2D eigenvalue weighted by molar-refractivity contribution is -0.00332. The van der Waals surface area contributed by atoms with Gasteiger partial charge in [0.15, 0.2) is 0 Å². The highest BCUT2D eigenvalue weighted by atomic mass is 35.5. The number of rotatable bonds is 0. The van der Waals surface area contributed by atoms with E-state index in [-0.39, 0.29) is 35.3 Å². The standard InChI is InChI=1S/C35H41ClN2O6S/c1-23-6-3-15-35(41,16-5-17-39)30-11-8-27(30)20-38-21-34(14-4-7-25-18-28(36)10-12-29(25)34)22-44-32-13-9-26(19-31(32)38)33(40)37-45(42,43)24(23)2/h3,9-10,12-13,15,18-19,23-24,27,30,39,41H,4,6-8,11,14,17,20-22H2,1-2H3,(H,37,40)/b15-3-/t23-,24+,27-,30+,34-,35+/m0/s1. The van der Waals surface area contributed by atoms with E-state index < -0.39 is 26.8 Å². The Morgan fingerprint density at radius 2 is 2.00 bits per heavy atom. The molecule has 2 aliphatic heterocycles. The van der Waals surface area contributed by atoms with Crippen LogP contribution in [0.15, 0.2) is 48.6 Å². The molecular formula is C35H41ClN2O6S. The summed E-state index contributed by atoms with van der Waals surface area (Å²) in [6.45, 7) is 4.66. The molecule has 240 valence electrons. The zero-order valence-electron chi connectivity index (χ0n) is 25.8. The minimum absolute atomic E-state index is 0.0750. The number of aliphatic hydroxyl groups is 2. The van der Waals surface area contributed by atoms with Crippen molar-refractivity contribution in [1.29, 1.82) is 0 Å². The molecular weight excluding hydrogens is 612 g/mol. The summed E-state index contributed by atoms with van der Waals surface area (Å²) in [5.74, 6) is 5.09. The first kappa shape index (κ1) is 31.9. The van der Waals surface area contributed by atoms with E-state index >= 15 is 0 Å². The van der Waals surface area contributed by atoms with Gasteiger partial charge in [-0.3, -0.25) is 4.79 Å². The second kappa shape index (κ2) is 12.3. The molecule has 0 aromatic heterocycles. The van der Waals surface area contributed by atoms with Crippen molar-refractivity contribution in [3.8, 4) is 17.6 Å². The number of ether oxygens (including phenoxy) is 1. The van der Waals surface area contributed by atoms with Crippen molar-refractivity contribution in [3.63, 3.8) is 0 Å². The SMILES string of the molecule is C[C@@H]1[C@@H](C)C/C=C\[C@@](O)(C#CCO)[C@@H]2CC[C@H]2CN2C[C@@]3(CCCc4cc(Cl)ccc43)COc3ccc(cc32)C(=O)NS1(=O)=O. The highest BCUT2D eigenvalue weighted by Crippen LogP contribution is 2.48. The normalized spacial score (nSPS) is 33.2. The molecule has 3 N–H and O–H groups in total. The smallest absolute Gasteiger partial charge is 0.264 e. The third-order valence-corrected chi connectivity index (χ3v) is 12.7. The Morgan fingerprint density at radius 3 is 2.76 bits per heavy atom. The van der Waals surface area contributed by atoms with Gasteiger partial charge in [0.25, 0.3) is 5.91 Å². The van der Waals surface area contributed by atoms with E-state index in [0.717, 1.165) is 37.8 Å². The van der Waals surface area contributed by atoms with Crippen LogP contribution >= 0.6 is 11.6 Å². The first-order valence-electron chi connectivity index (χ1n) is 15.8. The molecule has 2 bridgehead atoms. The van der Waals surface area contributed by atoms with Crippen LogP contribution in [0.2, 0.25) is 5.02 Å². The van der Waals surface area contributed by atoms with Crippen molar-refractivity contribution in [2.75, 3.05) is 31.2 Å². The van der Waals surface area contributed by atoms with Gasteiger partial charge in [0, 0.05) is 35.0 Å². The third kappa shape index (κ3) is 6.10. The molecule has 1 fully saturated rings. The van der Waals surface area contributed by atoms with Gasteiger partial charge < -0.3 is 19.8 Å². The molecule has 4 aliphatic rings. The van der Waals surface area contributed by atoms with Crippen molar-refractivity contribution in [3.05, 3.63) is 70.3 Å². The van der Waals surface area contributed by atoms with Gasteiger partial charge in [-0.05, 0) is 105 Å². The molecule has 8 nitrogen and oxygen atoms in total. The molecule has 45 heavy (non-hydrogen) atoms. The number of hydrogen-bond acceptors (Lipinski definition) is 7. The number of amides is 1. The van der Waals surface area contributed by atoms with Crippen LogP contribution in [0, 0.1) is 29.6 Å². The van der Waals surface area contributed by atoms with Crippen molar-refractivity contribution in [1.82, 2.24) is 4.72 Å². The summed E-state index contributed by atoms with van der Waals surface area (Å²) < 4.78 is 35.4. The van der Waals surface area contributed by atoms with Crippen LogP contribution < -0.4 is 14.4 Å². The van der Waals surface area contributed by atoms with Crippen LogP contribution in [0.4, 0.5) is 5.69 Å². The highest BCUT2D eigenvalue weighted by Gasteiger charge is 2.47. The number of nitrogens with one attached hydrogen (secondary N) is 1. The molecule has 2 heterocycles. The summed E-state index contributed by atoms with van der Waals surface area (Å²) in [5.41, 5.74) is 1.58. The third-order valence-electron chi connectivity index (χ3n) is 10.5. The number of aliphatic hydroxyl groups excluding tert-OH is 1. The average molecular weight is 653 g/mol. The number of sulfonamides is 1. The van der Waals surface area contributed by atoms with E-state index in [1.165, 1.54) is 11.1 Å². The van der Waals surface area contributed by atoms with Gasteiger partial charge in [0.2, 0.25) is 10.0 Å². The van der Waals surface area contributed by atoms with E-state index in [2.05, 4.69) is 27.5 Å². The lowest BCUT2D eigenvalue weighted by Gasteiger charge is -2.47. The first-order chi connectivity index (χ1) is 21.4. The molecule has 2 aromatic carbocycles. The van der Waals surface area contributed by atoms with Crippen LogP contribution in [0.3, 0.4) is 0 Å². The molecule has 1 saturated carbocycles. The van der Waals surface area contributed by atoms with Crippen LogP contribution in [0.5, 0.6) is 5.75 Å². The maximum Gasteiger partial charge on any atom is 0.264 e. The molecule has 10 heteroatoms. The molecule has 6 atom stereocenters. The number of carbonyl (C=O) groups excluding carboxylic acids is 1. The molecule has 0 saturated heterocycles.